The second kappa shape index (κ2) is 6.27. The summed E-state index contributed by atoms with van der Waals surface area (Å²) in [6.45, 7) is 3.85. The first-order valence-corrected chi connectivity index (χ1v) is 8.60. The van der Waals surface area contributed by atoms with Gasteiger partial charge < -0.3 is 15.2 Å². The van der Waals surface area contributed by atoms with Gasteiger partial charge in [-0.15, -0.1) is 11.8 Å². The van der Waals surface area contributed by atoms with Crippen LogP contribution >= 0.6 is 11.8 Å². The first-order valence-electron chi connectivity index (χ1n) is 7.55. The minimum Gasteiger partial charge on any atom is -0.504 e. The Morgan fingerprint density at radius 2 is 2.12 bits per heavy atom. The van der Waals surface area contributed by atoms with E-state index in [2.05, 4.69) is 10.4 Å². The third-order valence-corrected chi connectivity index (χ3v) is 5.16. The molecule has 0 aliphatic carbocycles. The molecule has 0 saturated carbocycles. The average molecular weight is 349 g/mol. The maximum absolute atomic E-state index is 12.5. The standard InChI is InChI=1S/C16H19N3O4S/c1-8(2)19-15-13(16(22)18-19)14(24-7-12(21)17-15)9-4-5-11(23-3)10(20)6-9/h4-6,8,14,20H,7H2,1-3H3,(H,17,21)(H,18,22)/t14-/m1/s1. The van der Waals surface area contributed by atoms with E-state index in [1.54, 1.807) is 22.9 Å². The molecule has 2 heterocycles. The number of aromatic nitrogens is 2. The van der Waals surface area contributed by atoms with Crippen molar-refractivity contribution < 1.29 is 14.6 Å². The number of rotatable bonds is 3. The molecule has 8 heteroatoms. The van der Waals surface area contributed by atoms with E-state index in [1.807, 2.05) is 13.8 Å². The maximum Gasteiger partial charge on any atom is 0.270 e. The highest BCUT2D eigenvalue weighted by Crippen LogP contribution is 2.42. The number of carbonyl (C=O) groups excluding carboxylic acids is 1. The predicted octanol–water partition coefficient (Wildman–Crippen LogP) is 2.25. The molecule has 0 saturated heterocycles. The lowest BCUT2D eigenvalue weighted by Gasteiger charge is -2.16. The number of phenolic OH excluding ortho intramolecular Hbond substituents is 1. The Bertz CT molecular complexity index is 840. The molecule has 3 N–H and O–H groups in total. The van der Waals surface area contributed by atoms with Crippen molar-refractivity contribution in [1.29, 1.82) is 0 Å². The molecular formula is C16H19N3O4S. The molecule has 0 radical (unpaired) electrons. The Hall–Kier alpha value is -2.35. The summed E-state index contributed by atoms with van der Waals surface area (Å²) in [6, 6.07) is 5.01. The highest BCUT2D eigenvalue weighted by molar-refractivity contribution is 8.00. The number of aromatic hydroxyl groups is 1. The van der Waals surface area contributed by atoms with Gasteiger partial charge in [-0.25, -0.2) is 0 Å². The average Bonchev–Trinajstić information content (AvgIpc) is 2.75. The minimum atomic E-state index is -0.362. The second-order valence-corrected chi connectivity index (χ2v) is 6.93. The normalized spacial score (nSPS) is 17.3. The molecule has 0 fully saturated rings. The van der Waals surface area contributed by atoms with Gasteiger partial charge in [-0.05, 0) is 31.5 Å². The Morgan fingerprint density at radius 1 is 1.38 bits per heavy atom. The summed E-state index contributed by atoms with van der Waals surface area (Å²) in [5.41, 5.74) is 0.987. The summed E-state index contributed by atoms with van der Waals surface area (Å²) < 4.78 is 6.73. The highest BCUT2D eigenvalue weighted by Gasteiger charge is 2.31. The minimum absolute atomic E-state index is 0.000374. The molecule has 0 unspecified atom stereocenters. The second-order valence-electron chi connectivity index (χ2n) is 5.84. The van der Waals surface area contributed by atoms with E-state index in [0.717, 1.165) is 5.56 Å². The fourth-order valence-electron chi connectivity index (χ4n) is 2.76. The van der Waals surface area contributed by atoms with Crippen molar-refractivity contribution in [2.75, 3.05) is 18.2 Å². The van der Waals surface area contributed by atoms with Gasteiger partial charge in [0.05, 0.1) is 23.7 Å². The lowest BCUT2D eigenvalue weighted by atomic mass is 10.1. The Kier molecular flexibility index (Phi) is 4.31. The molecule has 0 bridgehead atoms. The van der Waals surface area contributed by atoms with Gasteiger partial charge in [-0.2, -0.15) is 0 Å². The summed E-state index contributed by atoms with van der Waals surface area (Å²) in [6.07, 6.45) is 0. The number of hydrogen-bond acceptors (Lipinski definition) is 5. The van der Waals surface area contributed by atoms with Crippen molar-refractivity contribution in [1.82, 2.24) is 9.78 Å². The van der Waals surface area contributed by atoms with Gasteiger partial charge in [0.2, 0.25) is 5.91 Å². The molecule has 1 amide bonds. The lowest BCUT2D eigenvalue weighted by molar-refractivity contribution is -0.113. The fourth-order valence-corrected chi connectivity index (χ4v) is 3.88. The maximum atomic E-state index is 12.5. The number of H-pyrrole nitrogens is 1. The zero-order valence-corrected chi connectivity index (χ0v) is 14.4. The van der Waals surface area contributed by atoms with Crippen molar-refractivity contribution >= 4 is 23.5 Å². The molecule has 1 aromatic carbocycles. The topological polar surface area (TPSA) is 96.4 Å². The number of methoxy groups -OCH3 is 1. The number of amides is 1. The van der Waals surface area contributed by atoms with E-state index in [4.69, 9.17) is 4.74 Å². The van der Waals surface area contributed by atoms with Gasteiger partial charge >= 0.3 is 0 Å². The van der Waals surface area contributed by atoms with Crippen molar-refractivity contribution in [3.63, 3.8) is 0 Å². The molecule has 3 rings (SSSR count). The van der Waals surface area contributed by atoms with E-state index in [1.165, 1.54) is 18.9 Å². The Morgan fingerprint density at radius 3 is 2.75 bits per heavy atom. The summed E-state index contributed by atoms with van der Waals surface area (Å²) in [4.78, 5) is 24.6. The molecule has 1 aliphatic rings. The van der Waals surface area contributed by atoms with Crippen LogP contribution in [0, 0.1) is 0 Å². The number of phenols is 1. The van der Waals surface area contributed by atoms with Gasteiger partial charge in [0, 0.05) is 6.04 Å². The van der Waals surface area contributed by atoms with Crippen molar-refractivity contribution in [2.45, 2.75) is 25.1 Å². The molecule has 1 aliphatic heterocycles. The first-order chi connectivity index (χ1) is 11.4. The van der Waals surface area contributed by atoms with E-state index in [9.17, 15) is 14.7 Å². The van der Waals surface area contributed by atoms with Crippen LogP contribution in [0.1, 0.15) is 36.3 Å². The molecule has 24 heavy (non-hydrogen) atoms. The van der Waals surface area contributed by atoms with E-state index in [0.29, 0.717) is 17.1 Å². The number of benzene rings is 1. The zero-order chi connectivity index (χ0) is 17.4. The van der Waals surface area contributed by atoms with Gasteiger partial charge in [0.25, 0.3) is 5.56 Å². The predicted molar refractivity (Wildman–Crippen MR) is 93.0 cm³/mol. The molecule has 1 aromatic heterocycles. The fraction of sp³-hybridized carbons (Fsp3) is 0.375. The van der Waals surface area contributed by atoms with Gasteiger partial charge in [0.1, 0.15) is 5.82 Å². The molecule has 0 spiro atoms. The van der Waals surface area contributed by atoms with Crippen LogP contribution in [0.3, 0.4) is 0 Å². The van der Waals surface area contributed by atoms with Gasteiger partial charge in [0.15, 0.2) is 11.5 Å². The lowest BCUT2D eigenvalue weighted by Crippen LogP contribution is -2.17. The number of ether oxygens (including phenoxy) is 1. The number of anilines is 1. The van der Waals surface area contributed by atoms with E-state index >= 15 is 0 Å². The molecule has 128 valence electrons. The van der Waals surface area contributed by atoms with Crippen LogP contribution < -0.4 is 15.6 Å². The number of aromatic amines is 1. The van der Waals surface area contributed by atoms with Crippen LogP contribution in [0.2, 0.25) is 0 Å². The largest absolute Gasteiger partial charge is 0.504 e. The molecule has 1 atom stereocenters. The number of hydrogen-bond donors (Lipinski definition) is 3. The van der Waals surface area contributed by atoms with Gasteiger partial charge in [-0.3, -0.25) is 19.4 Å². The Labute approximate surface area is 143 Å². The van der Waals surface area contributed by atoms with Crippen LogP contribution in [0.4, 0.5) is 5.82 Å². The monoisotopic (exact) mass is 349 g/mol. The number of carbonyl (C=O) groups is 1. The van der Waals surface area contributed by atoms with Crippen LogP contribution in [-0.4, -0.2) is 33.7 Å². The summed E-state index contributed by atoms with van der Waals surface area (Å²) in [7, 11) is 1.48. The molecule has 2 aromatic rings. The summed E-state index contributed by atoms with van der Waals surface area (Å²) in [5.74, 6) is 0.921. The third kappa shape index (κ3) is 2.77. The van der Waals surface area contributed by atoms with Crippen molar-refractivity contribution in [3.8, 4) is 11.5 Å². The van der Waals surface area contributed by atoms with Crippen LogP contribution in [-0.2, 0) is 4.79 Å². The zero-order valence-electron chi connectivity index (χ0n) is 13.6. The van der Waals surface area contributed by atoms with Crippen LogP contribution in [0.15, 0.2) is 23.0 Å². The van der Waals surface area contributed by atoms with Crippen LogP contribution in [0.25, 0.3) is 0 Å². The number of nitrogens with zero attached hydrogens (tertiary/aromatic N) is 1. The van der Waals surface area contributed by atoms with Crippen molar-refractivity contribution in [2.24, 2.45) is 0 Å². The number of fused-ring (bicyclic) bond motifs is 1. The van der Waals surface area contributed by atoms with E-state index < -0.39 is 0 Å². The smallest absolute Gasteiger partial charge is 0.270 e. The van der Waals surface area contributed by atoms with E-state index in [-0.39, 0.29) is 34.3 Å². The first kappa shape index (κ1) is 16.5. The molecule has 7 nitrogen and oxygen atoms in total. The summed E-state index contributed by atoms with van der Waals surface area (Å²) in [5, 5.41) is 15.3. The quantitative estimate of drug-likeness (QED) is 0.790. The van der Waals surface area contributed by atoms with Crippen LogP contribution in [0.5, 0.6) is 11.5 Å². The number of thioether (sulfide) groups is 1. The SMILES string of the molecule is COc1ccc([C@H]2SCC(=O)Nc3c2c(=O)[nH]n3C(C)C)cc1O. The van der Waals surface area contributed by atoms with Crippen molar-refractivity contribution in [3.05, 3.63) is 39.7 Å². The highest BCUT2D eigenvalue weighted by atomic mass is 32.2. The molecular weight excluding hydrogens is 330 g/mol. The van der Waals surface area contributed by atoms with Gasteiger partial charge in [-0.1, -0.05) is 6.07 Å². The third-order valence-electron chi connectivity index (χ3n) is 3.89. The Balaban J connectivity index is 2.15. The summed E-state index contributed by atoms with van der Waals surface area (Å²) >= 11 is 1.35. The number of nitrogens with one attached hydrogen (secondary N) is 2.